The molecule has 1 amide bonds. The van der Waals surface area contributed by atoms with Gasteiger partial charge in [-0.15, -0.1) is 5.10 Å². The molecule has 0 aliphatic carbocycles. The highest BCUT2D eigenvalue weighted by molar-refractivity contribution is 5.94. The highest BCUT2D eigenvalue weighted by atomic mass is 16.4. The lowest BCUT2D eigenvalue weighted by atomic mass is 9.98. The number of hydrogen-bond acceptors (Lipinski definition) is 5. The molecule has 1 N–H and O–H groups in total. The highest BCUT2D eigenvalue weighted by Crippen LogP contribution is 2.24. The molecule has 1 aliphatic heterocycles. The van der Waals surface area contributed by atoms with Crippen LogP contribution in [0.5, 0.6) is 0 Å². The first-order valence-corrected chi connectivity index (χ1v) is 8.84. The summed E-state index contributed by atoms with van der Waals surface area (Å²) in [5.41, 5.74) is 1.70. The SMILES string of the molecule is Cc1c(C(=O)N2CCC[C@@H](C(=O)O)C2)nnn1-c1cccc2cnccc12. The van der Waals surface area contributed by atoms with Crippen molar-refractivity contribution in [2.24, 2.45) is 5.92 Å². The molecule has 0 spiro atoms. The van der Waals surface area contributed by atoms with E-state index in [4.69, 9.17) is 0 Å². The van der Waals surface area contributed by atoms with E-state index in [0.717, 1.165) is 16.5 Å². The molecule has 3 heterocycles. The topological polar surface area (TPSA) is 101 Å². The van der Waals surface area contributed by atoms with Gasteiger partial charge in [-0.05, 0) is 31.9 Å². The van der Waals surface area contributed by atoms with Crippen LogP contribution in [0.25, 0.3) is 16.5 Å². The third-order valence-electron chi connectivity index (χ3n) is 5.04. The van der Waals surface area contributed by atoms with E-state index in [-0.39, 0.29) is 18.1 Å². The van der Waals surface area contributed by atoms with Crippen molar-refractivity contribution in [1.29, 1.82) is 0 Å². The zero-order valence-electron chi connectivity index (χ0n) is 14.9. The number of piperidine rings is 1. The van der Waals surface area contributed by atoms with E-state index in [9.17, 15) is 14.7 Å². The smallest absolute Gasteiger partial charge is 0.308 e. The summed E-state index contributed by atoms with van der Waals surface area (Å²) in [5.74, 6) is -1.66. The fourth-order valence-corrected chi connectivity index (χ4v) is 3.56. The van der Waals surface area contributed by atoms with Gasteiger partial charge >= 0.3 is 5.97 Å². The molecule has 1 saturated heterocycles. The number of aliphatic carboxylic acids is 1. The second-order valence-corrected chi connectivity index (χ2v) is 6.74. The van der Waals surface area contributed by atoms with Crippen LogP contribution in [0, 0.1) is 12.8 Å². The van der Waals surface area contributed by atoms with E-state index in [2.05, 4.69) is 15.3 Å². The molecule has 0 bridgehead atoms. The van der Waals surface area contributed by atoms with Crippen LogP contribution < -0.4 is 0 Å². The summed E-state index contributed by atoms with van der Waals surface area (Å²) < 4.78 is 1.65. The number of benzene rings is 1. The molecule has 3 aromatic rings. The highest BCUT2D eigenvalue weighted by Gasteiger charge is 2.31. The molecule has 8 heteroatoms. The second-order valence-electron chi connectivity index (χ2n) is 6.74. The summed E-state index contributed by atoms with van der Waals surface area (Å²) in [5, 5.41) is 19.5. The van der Waals surface area contributed by atoms with Gasteiger partial charge < -0.3 is 10.0 Å². The average Bonchev–Trinajstić information content (AvgIpc) is 3.08. The van der Waals surface area contributed by atoms with Crippen LogP contribution in [-0.4, -0.2) is 55.0 Å². The maximum absolute atomic E-state index is 12.9. The summed E-state index contributed by atoms with van der Waals surface area (Å²) in [7, 11) is 0. The largest absolute Gasteiger partial charge is 0.481 e. The van der Waals surface area contributed by atoms with E-state index in [1.165, 1.54) is 0 Å². The predicted molar refractivity (Wildman–Crippen MR) is 97.7 cm³/mol. The number of likely N-dealkylation sites (tertiary alicyclic amines) is 1. The lowest BCUT2D eigenvalue weighted by Crippen LogP contribution is -2.42. The quantitative estimate of drug-likeness (QED) is 0.762. The van der Waals surface area contributed by atoms with Gasteiger partial charge in [0.05, 0.1) is 17.3 Å². The summed E-state index contributed by atoms with van der Waals surface area (Å²) in [6, 6.07) is 7.68. The number of rotatable bonds is 3. The number of nitrogens with zero attached hydrogens (tertiary/aromatic N) is 5. The van der Waals surface area contributed by atoms with E-state index in [0.29, 0.717) is 25.1 Å². The molecule has 1 atom stereocenters. The van der Waals surface area contributed by atoms with Crippen LogP contribution in [0.2, 0.25) is 0 Å². The summed E-state index contributed by atoms with van der Waals surface area (Å²) in [4.78, 5) is 29.9. The fraction of sp³-hybridized carbons (Fsp3) is 0.316. The maximum atomic E-state index is 12.9. The maximum Gasteiger partial charge on any atom is 0.308 e. The fourth-order valence-electron chi connectivity index (χ4n) is 3.56. The number of amides is 1. The Morgan fingerprint density at radius 1 is 1.26 bits per heavy atom. The first-order chi connectivity index (χ1) is 13.1. The van der Waals surface area contributed by atoms with Crippen molar-refractivity contribution < 1.29 is 14.7 Å². The number of carboxylic acids is 1. The zero-order chi connectivity index (χ0) is 19.0. The van der Waals surface area contributed by atoms with E-state index >= 15 is 0 Å². The molecule has 0 unspecified atom stereocenters. The first kappa shape index (κ1) is 17.1. The number of fused-ring (bicyclic) bond motifs is 1. The van der Waals surface area contributed by atoms with Gasteiger partial charge in [0.25, 0.3) is 5.91 Å². The molecule has 1 aromatic carbocycles. The van der Waals surface area contributed by atoms with Crippen LogP contribution in [0.3, 0.4) is 0 Å². The van der Waals surface area contributed by atoms with Gasteiger partial charge in [0.2, 0.25) is 0 Å². The molecule has 2 aromatic heterocycles. The standard InChI is InChI=1S/C19H19N5O3/c1-12-17(18(25)23-9-3-5-14(11-23)19(26)27)21-22-24(12)16-6-2-4-13-10-20-8-7-15(13)16/h2,4,6-8,10,14H,3,5,9,11H2,1H3,(H,26,27)/t14-/m1/s1. The van der Waals surface area contributed by atoms with Crippen LogP contribution in [0.4, 0.5) is 0 Å². The third kappa shape index (κ3) is 3.03. The minimum Gasteiger partial charge on any atom is -0.481 e. The Hall–Kier alpha value is -3.29. The summed E-state index contributed by atoms with van der Waals surface area (Å²) >= 11 is 0. The van der Waals surface area contributed by atoms with E-state index in [1.807, 2.05) is 24.3 Å². The van der Waals surface area contributed by atoms with Gasteiger partial charge in [-0.2, -0.15) is 0 Å². The molecule has 0 radical (unpaired) electrons. The lowest BCUT2D eigenvalue weighted by Gasteiger charge is -2.30. The Kier molecular flexibility index (Phi) is 4.31. The van der Waals surface area contributed by atoms with Gasteiger partial charge in [0, 0.05) is 36.3 Å². The van der Waals surface area contributed by atoms with Gasteiger partial charge in [-0.1, -0.05) is 17.3 Å². The molecule has 138 valence electrons. The Morgan fingerprint density at radius 3 is 2.93 bits per heavy atom. The monoisotopic (exact) mass is 365 g/mol. The number of hydrogen-bond donors (Lipinski definition) is 1. The molecule has 4 rings (SSSR count). The van der Waals surface area contributed by atoms with Crippen LogP contribution in [0.1, 0.15) is 29.0 Å². The van der Waals surface area contributed by atoms with E-state index in [1.54, 1.807) is 28.9 Å². The lowest BCUT2D eigenvalue weighted by molar-refractivity contribution is -0.143. The Labute approximate surface area is 155 Å². The van der Waals surface area contributed by atoms with Crippen LogP contribution in [-0.2, 0) is 4.79 Å². The molecular formula is C19H19N5O3. The zero-order valence-corrected chi connectivity index (χ0v) is 14.9. The average molecular weight is 365 g/mol. The van der Waals surface area contributed by atoms with Gasteiger partial charge in [0.1, 0.15) is 0 Å². The minimum atomic E-state index is -0.864. The third-order valence-corrected chi connectivity index (χ3v) is 5.04. The van der Waals surface area contributed by atoms with Crippen molar-refractivity contribution in [3.05, 3.63) is 48.0 Å². The van der Waals surface area contributed by atoms with Gasteiger partial charge in [-0.3, -0.25) is 14.6 Å². The molecule has 8 nitrogen and oxygen atoms in total. The summed E-state index contributed by atoms with van der Waals surface area (Å²) in [6.45, 7) is 2.54. The predicted octanol–water partition coefficient (Wildman–Crippen LogP) is 2.06. The van der Waals surface area contributed by atoms with E-state index < -0.39 is 11.9 Å². The molecule has 27 heavy (non-hydrogen) atoms. The van der Waals surface area contributed by atoms with Crippen molar-refractivity contribution in [2.75, 3.05) is 13.1 Å². The number of pyridine rings is 1. The minimum absolute atomic E-state index is 0.209. The first-order valence-electron chi connectivity index (χ1n) is 8.84. The normalized spacial score (nSPS) is 17.2. The Morgan fingerprint density at radius 2 is 2.11 bits per heavy atom. The van der Waals surface area contributed by atoms with Gasteiger partial charge in [-0.25, -0.2) is 4.68 Å². The molecular weight excluding hydrogens is 346 g/mol. The molecule has 1 aliphatic rings. The van der Waals surface area contributed by atoms with Crippen molar-refractivity contribution in [2.45, 2.75) is 19.8 Å². The van der Waals surface area contributed by atoms with Crippen molar-refractivity contribution in [1.82, 2.24) is 24.9 Å². The van der Waals surface area contributed by atoms with Crippen molar-refractivity contribution in [3.63, 3.8) is 0 Å². The number of carboxylic acid groups (broad SMARTS) is 1. The number of carbonyl (C=O) groups excluding carboxylic acids is 1. The Balaban J connectivity index is 1.68. The van der Waals surface area contributed by atoms with Crippen molar-refractivity contribution >= 4 is 22.6 Å². The second kappa shape index (κ2) is 6.79. The van der Waals surface area contributed by atoms with Crippen LogP contribution >= 0.6 is 0 Å². The van der Waals surface area contributed by atoms with Crippen LogP contribution in [0.15, 0.2) is 36.7 Å². The van der Waals surface area contributed by atoms with Crippen molar-refractivity contribution in [3.8, 4) is 5.69 Å². The number of aromatic nitrogens is 4. The Bertz CT molecular complexity index is 1020. The molecule has 1 fully saturated rings. The molecule has 0 saturated carbocycles. The summed E-state index contributed by atoms with van der Waals surface area (Å²) in [6.07, 6.45) is 4.75. The van der Waals surface area contributed by atoms with Gasteiger partial charge in [0.15, 0.2) is 5.69 Å². The number of carbonyl (C=O) groups is 2.